The van der Waals surface area contributed by atoms with E-state index in [1.54, 1.807) is 13.1 Å². The van der Waals surface area contributed by atoms with Crippen molar-refractivity contribution in [1.29, 1.82) is 0 Å². The minimum atomic E-state index is -0.135. The lowest BCUT2D eigenvalue weighted by molar-refractivity contribution is 0.0964. The number of fused-ring (bicyclic) bond motifs is 1. The van der Waals surface area contributed by atoms with Crippen LogP contribution in [0, 0.1) is 0 Å². The molecular formula is C15H21N5O. The van der Waals surface area contributed by atoms with Crippen molar-refractivity contribution in [3.05, 3.63) is 29.6 Å². The van der Waals surface area contributed by atoms with Gasteiger partial charge in [0.25, 0.3) is 5.91 Å². The predicted molar refractivity (Wildman–Crippen MR) is 84.5 cm³/mol. The molecule has 0 spiro atoms. The van der Waals surface area contributed by atoms with Crippen LogP contribution in [0.1, 0.15) is 23.1 Å². The number of carbonyl (C=O) groups is 1. The molecule has 1 amide bonds. The Morgan fingerprint density at radius 1 is 1.29 bits per heavy atom. The second kappa shape index (κ2) is 6.49. The lowest BCUT2D eigenvalue weighted by Gasteiger charge is -2.14. The van der Waals surface area contributed by atoms with Gasteiger partial charge in [0, 0.05) is 13.6 Å². The Labute approximate surface area is 124 Å². The zero-order valence-corrected chi connectivity index (χ0v) is 12.9. The molecular weight excluding hydrogens is 266 g/mol. The first-order valence-electron chi connectivity index (χ1n) is 6.97. The number of anilines is 1. The number of benzene rings is 1. The molecule has 0 aliphatic heterocycles. The van der Waals surface area contributed by atoms with Gasteiger partial charge in [0.15, 0.2) is 0 Å². The number of nitrogens with zero attached hydrogens (tertiary/aromatic N) is 3. The molecule has 6 nitrogen and oxygen atoms in total. The van der Waals surface area contributed by atoms with Crippen LogP contribution in [0.25, 0.3) is 10.9 Å². The minimum Gasteiger partial charge on any atom is -0.370 e. The highest BCUT2D eigenvalue weighted by atomic mass is 16.1. The number of aromatic nitrogens is 2. The standard InChI is InChI=1S/C15H21N5O/c1-5-17-14-13-10(15(21)16-2)7-6-8-11(13)18-12(19-14)9-20(3)4/h6-8H,5,9H2,1-4H3,(H,16,21)(H,17,18,19). The highest BCUT2D eigenvalue weighted by Gasteiger charge is 2.15. The molecule has 0 aliphatic carbocycles. The first kappa shape index (κ1) is 15.2. The minimum absolute atomic E-state index is 0.135. The van der Waals surface area contributed by atoms with Crippen molar-refractivity contribution in [2.75, 3.05) is 33.0 Å². The van der Waals surface area contributed by atoms with E-state index in [4.69, 9.17) is 0 Å². The van der Waals surface area contributed by atoms with Gasteiger partial charge < -0.3 is 15.5 Å². The third kappa shape index (κ3) is 3.28. The Kier molecular flexibility index (Phi) is 4.70. The maximum atomic E-state index is 12.0. The Balaban J connectivity index is 2.66. The highest BCUT2D eigenvalue weighted by Crippen LogP contribution is 2.25. The molecule has 0 atom stereocenters. The van der Waals surface area contributed by atoms with Crippen LogP contribution in [0.3, 0.4) is 0 Å². The first-order valence-corrected chi connectivity index (χ1v) is 6.97. The van der Waals surface area contributed by atoms with Gasteiger partial charge in [0.1, 0.15) is 11.6 Å². The molecule has 1 aromatic carbocycles. The molecule has 2 N–H and O–H groups in total. The maximum Gasteiger partial charge on any atom is 0.251 e. The van der Waals surface area contributed by atoms with Crippen molar-refractivity contribution in [2.45, 2.75) is 13.5 Å². The molecule has 0 saturated heterocycles. The molecule has 0 saturated carbocycles. The molecule has 112 valence electrons. The largest absolute Gasteiger partial charge is 0.370 e. The van der Waals surface area contributed by atoms with Crippen LogP contribution >= 0.6 is 0 Å². The number of carbonyl (C=O) groups excluding carboxylic acids is 1. The molecule has 1 heterocycles. The number of hydrogen-bond donors (Lipinski definition) is 2. The molecule has 1 aromatic heterocycles. The van der Waals surface area contributed by atoms with Gasteiger partial charge in [-0.2, -0.15) is 0 Å². The van der Waals surface area contributed by atoms with Crippen molar-refractivity contribution in [3.8, 4) is 0 Å². The predicted octanol–water partition coefficient (Wildman–Crippen LogP) is 1.48. The average Bonchev–Trinajstić information content (AvgIpc) is 2.45. The summed E-state index contributed by atoms with van der Waals surface area (Å²) in [5.41, 5.74) is 1.36. The van der Waals surface area contributed by atoms with E-state index < -0.39 is 0 Å². The van der Waals surface area contributed by atoms with Crippen molar-refractivity contribution in [1.82, 2.24) is 20.2 Å². The summed E-state index contributed by atoms with van der Waals surface area (Å²) in [6, 6.07) is 5.54. The summed E-state index contributed by atoms with van der Waals surface area (Å²) in [7, 11) is 5.57. The van der Waals surface area contributed by atoms with E-state index in [2.05, 4.69) is 20.6 Å². The lowest BCUT2D eigenvalue weighted by Crippen LogP contribution is -2.19. The van der Waals surface area contributed by atoms with Crippen LogP contribution in [0.15, 0.2) is 18.2 Å². The molecule has 0 radical (unpaired) electrons. The van der Waals surface area contributed by atoms with Gasteiger partial charge in [-0.05, 0) is 33.2 Å². The fourth-order valence-corrected chi connectivity index (χ4v) is 2.20. The third-order valence-corrected chi connectivity index (χ3v) is 3.04. The summed E-state index contributed by atoms with van der Waals surface area (Å²) >= 11 is 0. The van der Waals surface area contributed by atoms with Crippen LogP contribution in [-0.4, -0.2) is 48.5 Å². The van der Waals surface area contributed by atoms with Crippen molar-refractivity contribution >= 4 is 22.6 Å². The van der Waals surface area contributed by atoms with Gasteiger partial charge >= 0.3 is 0 Å². The zero-order chi connectivity index (χ0) is 15.4. The Bertz CT molecular complexity index is 654. The summed E-state index contributed by atoms with van der Waals surface area (Å²) in [6.07, 6.45) is 0. The molecule has 21 heavy (non-hydrogen) atoms. The molecule has 0 bridgehead atoms. The number of hydrogen-bond acceptors (Lipinski definition) is 5. The van der Waals surface area contributed by atoms with Crippen molar-refractivity contribution in [3.63, 3.8) is 0 Å². The third-order valence-electron chi connectivity index (χ3n) is 3.04. The fourth-order valence-electron chi connectivity index (χ4n) is 2.20. The van der Waals surface area contributed by atoms with Crippen LogP contribution < -0.4 is 10.6 Å². The normalized spacial score (nSPS) is 10.9. The van der Waals surface area contributed by atoms with Crippen LogP contribution in [-0.2, 0) is 6.54 Å². The topological polar surface area (TPSA) is 70.2 Å². The van der Waals surface area contributed by atoms with Gasteiger partial charge in [0.05, 0.1) is 23.0 Å². The van der Waals surface area contributed by atoms with E-state index in [0.717, 1.165) is 23.3 Å². The maximum absolute atomic E-state index is 12.0. The van der Waals surface area contributed by atoms with E-state index >= 15 is 0 Å². The molecule has 2 rings (SSSR count). The van der Waals surface area contributed by atoms with E-state index in [1.165, 1.54) is 0 Å². The summed E-state index contributed by atoms with van der Waals surface area (Å²) in [6.45, 7) is 3.39. The fraction of sp³-hybridized carbons (Fsp3) is 0.400. The average molecular weight is 287 g/mol. The lowest BCUT2D eigenvalue weighted by atomic mass is 10.1. The second-order valence-corrected chi connectivity index (χ2v) is 5.04. The molecule has 2 aromatic rings. The Morgan fingerprint density at radius 3 is 2.67 bits per heavy atom. The molecule has 0 aliphatic rings. The van der Waals surface area contributed by atoms with Crippen molar-refractivity contribution in [2.24, 2.45) is 0 Å². The number of rotatable bonds is 5. The van der Waals surface area contributed by atoms with E-state index in [9.17, 15) is 4.79 Å². The summed E-state index contributed by atoms with van der Waals surface area (Å²) in [4.78, 5) is 23.2. The van der Waals surface area contributed by atoms with Gasteiger partial charge in [-0.25, -0.2) is 9.97 Å². The van der Waals surface area contributed by atoms with Gasteiger partial charge in [0.2, 0.25) is 0 Å². The van der Waals surface area contributed by atoms with Crippen LogP contribution in [0.4, 0.5) is 5.82 Å². The van der Waals surface area contributed by atoms with E-state index in [-0.39, 0.29) is 5.91 Å². The Morgan fingerprint density at radius 2 is 2.05 bits per heavy atom. The van der Waals surface area contributed by atoms with Crippen LogP contribution in [0.2, 0.25) is 0 Å². The number of nitrogens with one attached hydrogen (secondary N) is 2. The quantitative estimate of drug-likeness (QED) is 0.872. The SMILES string of the molecule is CCNc1nc(CN(C)C)nc2cccc(C(=O)NC)c12. The van der Waals surface area contributed by atoms with E-state index in [1.807, 2.05) is 38.1 Å². The van der Waals surface area contributed by atoms with E-state index in [0.29, 0.717) is 17.9 Å². The van der Waals surface area contributed by atoms with Gasteiger partial charge in [-0.15, -0.1) is 0 Å². The monoisotopic (exact) mass is 287 g/mol. The van der Waals surface area contributed by atoms with Crippen LogP contribution in [0.5, 0.6) is 0 Å². The summed E-state index contributed by atoms with van der Waals surface area (Å²) < 4.78 is 0. The highest BCUT2D eigenvalue weighted by molar-refractivity contribution is 6.09. The van der Waals surface area contributed by atoms with Crippen molar-refractivity contribution < 1.29 is 4.79 Å². The molecule has 6 heteroatoms. The summed E-state index contributed by atoms with van der Waals surface area (Å²) in [5.74, 6) is 1.31. The molecule has 0 unspecified atom stereocenters. The van der Waals surface area contributed by atoms with Gasteiger partial charge in [-0.1, -0.05) is 6.07 Å². The van der Waals surface area contributed by atoms with Gasteiger partial charge in [-0.3, -0.25) is 4.79 Å². The summed E-state index contributed by atoms with van der Waals surface area (Å²) in [5, 5.41) is 6.66. The second-order valence-electron chi connectivity index (χ2n) is 5.04. The smallest absolute Gasteiger partial charge is 0.251 e. The Hall–Kier alpha value is -2.21. The number of amides is 1. The first-order chi connectivity index (χ1) is 10.1. The zero-order valence-electron chi connectivity index (χ0n) is 12.9. The molecule has 0 fully saturated rings.